The number of thiazole rings is 1. The maximum absolute atomic E-state index is 12.8. The number of hydrogen-bond donors (Lipinski definition) is 0. The molecule has 0 spiro atoms. The third-order valence-electron chi connectivity index (χ3n) is 2.52. The van der Waals surface area contributed by atoms with Crippen LogP contribution in [0.5, 0.6) is 0 Å². The summed E-state index contributed by atoms with van der Waals surface area (Å²) in [6.45, 7) is 1.72. The third kappa shape index (κ3) is 3.23. The van der Waals surface area contributed by atoms with Crippen molar-refractivity contribution in [2.45, 2.75) is 13.3 Å². The molecule has 1 heterocycles. The normalized spacial score (nSPS) is 11.6. The first-order valence-corrected chi connectivity index (χ1v) is 6.54. The van der Waals surface area contributed by atoms with E-state index in [4.69, 9.17) is 0 Å². The fourth-order valence-corrected chi connectivity index (χ4v) is 2.32. The molecule has 2 rings (SSSR count). The van der Waals surface area contributed by atoms with Crippen LogP contribution in [0.2, 0.25) is 0 Å². The van der Waals surface area contributed by atoms with Gasteiger partial charge in [-0.15, -0.1) is 11.3 Å². The van der Waals surface area contributed by atoms with Crippen LogP contribution in [-0.4, -0.2) is 9.91 Å². The standard InChI is InChI=1S/C13H11FN2O2S/c1-2-12(16(17)18)7-11-8-19-13(15-11)9-3-5-10(14)6-4-9/h3-8H,2H2,1H3. The van der Waals surface area contributed by atoms with E-state index in [2.05, 4.69) is 4.98 Å². The minimum Gasteiger partial charge on any atom is -0.259 e. The Bertz CT molecular complexity index is 620. The SMILES string of the molecule is CCC(=Cc1csc(-c2ccc(F)cc2)n1)[N+](=O)[O-]. The molecule has 19 heavy (non-hydrogen) atoms. The van der Waals surface area contributed by atoms with Crippen LogP contribution in [-0.2, 0) is 0 Å². The summed E-state index contributed by atoms with van der Waals surface area (Å²) >= 11 is 1.37. The van der Waals surface area contributed by atoms with E-state index in [-0.39, 0.29) is 11.5 Å². The molecule has 0 saturated heterocycles. The van der Waals surface area contributed by atoms with Crippen molar-refractivity contribution < 1.29 is 9.31 Å². The second-order valence-electron chi connectivity index (χ2n) is 3.83. The summed E-state index contributed by atoms with van der Waals surface area (Å²) in [7, 11) is 0. The van der Waals surface area contributed by atoms with Gasteiger partial charge in [-0.2, -0.15) is 0 Å². The first-order chi connectivity index (χ1) is 9.10. The highest BCUT2D eigenvalue weighted by Gasteiger charge is 2.10. The van der Waals surface area contributed by atoms with Crippen LogP contribution in [0, 0.1) is 15.9 Å². The number of rotatable bonds is 4. The van der Waals surface area contributed by atoms with Crippen LogP contribution in [0.3, 0.4) is 0 Å². The van der Waals surface area contributed by atoms with Gasteiger partial charge in [-0.05, 0) is 24.3 Å². The average Bonchev–Trinajstić information content (AvgIpc) is 2.85. The van der Waals surface area contributed by atoms with Crippen molar-refractivity contribution in [1.29, 1.82) is 0 Å². The topological polar surface area (TPSA) is 56.0 Å². The Morgan fingerprint density at radius 3 is 2.74 bits per heavy atom. The number of aromatic nitrogens is 1. The van der Waals surface area contributed by atoms with Gasteiger partial charge >= 0.3 is 0 Å². The molecular weight excluding hydrogens is 267 g/mol. The molecule has 0 aliphatic rings. The largest absolute Gasteiger partial charge is 0.259 e. The predicted octanol–water partition coefficient (Wildman–Crippen LogP) is 3.98. The summed E-state index contributed by atoms with van der Waals surface area (Å²) in [4.78, 5) is 14.6. The van der Waals surface area contributed by atoms with Crippen molar-refractivity contribution in [3.63, 3.8) is 0 Å². The summed E-state index contributed by atoms with van der Waals surface area (Å²) in [6, 6.07) is 5.99. The molecule has 0 aliphatic heterocycles. The molecule has 1 aromatic heterocycles. The van der Waals surface area contributed by atoms with Crippen LogP contribution in [0.1, 0.15) is 19.0 Å². The molecule has 0 aliphatic carbocycles. The molecule has 6 heteroatoms. The lowest BCUT2D eigenvalue weighted by molar-refractivity contribution is -0.425. The maximum Gasteiger partial charge on any atom is 0.248 e. The highest BCUT2D eigenvalue weighted by atomic mass is 32.1. The summed E-state index contributed by atoms with van der Waals surface area (Å²) < 4.78 is 12.8. The van der Waals surface area contributed by atoms with Gasteiger partial charge in [-0.1, -0.05) is 6.92 Å². The van der Waals surface area contributed by atoms with Crippen molar-refractivity contribution in [3.8, 4) is 10.6 Å². The van der Waals surface area contributed by atoms with E-state index in [1.165, 1.54) is 29.5 Å². The second-order valence-corrected chi connectivity index (χ2v) is 4.69. The van der Waals surface area contributed by atoms with E-state index < -0.39 is 4.92 Å². The molecule has 0 atom stereocenters. The maximum atomic E-state index is 12.8. The number of benzene rings is 1. The molecule has 98 valence electrons. The van der Waals surface area contributed by atoms with Crippen LogP contribution in [0.25, 0.3) is 16.6 Å². The van der Waals surface area contributed by atoms with Gasteiger partial charge in [0.1, 0.15) is 10.8 Å². The number of hydrogen-bond acceptors (Lipinski definition) is 4. The van der Waals surface area contributed by atoms with Crippen LogP contribution >= 0.6 is 11.3 Å². The van der Waals surface area contributed by atoms with Crippen molar-refractivity contribution >= 4 is 17.4 Å². The Labute approximate surface area is 113 Å². The Balaban J connectivity index is 2.29. The van der Waals surface area contributed by atoms with Gasteiger partial charge in [0, 0.05) is 23.4 Å². The van der Waals surface area contributed by atoms with Gasteiger partial charge < -0.3 is 0 Å². The summed E-state index contributed by atoms with van der Waals surface area (Å²) in [5.74, 6) is -0.304. The van der Waals surface area contributed by atoms with Gasteiger partial charge in [0.15, 0.2) is 0 Å². The minimum atomic E-state index is -0.406. The Morgan fingerprint density at radius 1 is 1.47 bits per heavy atom. The number of nitro groups is 1. The zero-order chi connectivity index (χ0) is 13.8. The smallest absolute Gasteiger partial charge is 0.248 e. The Hall–Kier alpha value is -2.08. The first-order valence-electron chi connectivity index (χ1n) is 5.66. The predicted molar refractivity (Wildman–Crippen MR) is 72.8 cm³/mol. The average molecular weight is 278 g/mol. The number of nitrogens with zero attached hydrogens (tertiary/aromatic N) is 2. The van der Waals surface area contributed by atoms with Crippen molar-refractivity contribution in [1.82, 2.24) is 4.98 Å². The van der Waals surface area contributed by atoms with Crippen LogP contribution in [0.15, 0.2) is 35.3 Å². The summed E-state index contributed by atoms with van der Waals surface area (Å²) in [5.41, 5.74) is 1.47. The van der Waals surface area contributed by atoms with E-state index in [0.717, 1.165) is 5.56 Å². The number of allylic oxidation sites excluding steroid dienone is 1. The van der Waals surface area contributed by atoms with Crippen molar-refractivity contribution in [2.24, 2.45) is 0 Å². The zero-order valence-corrected chi connectivity index (χ0v) is 11.0. The van der Waals surface area contributed by atoms with E-state index in [1.54, 1.807) is 24.4 Å². The minimum absolute atomic E-state index is 0.121. The zero-order valence-electron chi connectivity index (χ0n) is 10.2. The summed E-state index contributed by atoms with van der Waals surface area (Å²) in [5, 5.41) is 13.2. The second kappa shape index (κ2) is 5.71. The molecule has 4 nitrogen and oxygen atoms in total. The lowest BCUT2D eigenvalue weighted by Gasteiger charge is -1.95. The molecule has 0 fully saturated rings. The fraction of sp³-hybridized carbons (Fsp3) is 0.154. The number of halogens is 1. The lowest BCUT2D eigenvalue weighted by Crippen LogP contribution is -1.96. The van der Waals surface area contributed by atoms with E-state index in [0.29, 0.717) is 17.1 Å². The summed E-state index contributed by atoms with van der Waals surface area (Å²) in [6.07, 6.45) is 1.81. The van der Waals surface area contributed by atoms with Gasteiger partial charge in [0.25, 0.3) is 0 Å². The quantitative estimate of drug-likeness (QED) is 0.628. The first kappa shape index (κ1) is 13.4. The molecule has 0 radical (unpaired) electrons. The third-order valence-corrected chi connectivity index (χ3v) is 3.43. The van der Waals surface area contributed by atoms with E-state index >= 15 is 0 Å². The molecule has 1 aromatic carbocycles. The highest BCUT2D eigenvalue weighted by molar-refractivity contribution is 7.13. The molecule has 0 saturated carbocycles. The van der Waals surface area contributed by atoms with Gasteiger partial charge in [0.2, 0.25) is 5.70 Å². The molecule has 0 N–H and O–H groups in total. The van der Waals surface area contributed by atoms with Crippen LogP contribution in [0.4, 0.5) is 4.39 Å². The lowest BCUT2D eigenvalue weighted by atomic mass is 10.2. The van der Waals surface area contributed by atoms with Crippen molar-refractivity contribution in [2.75, 3.05) is 0 Å². The van der Waals surface area contributed by atoms with Gasteiger partial charge in [-0.3, -0.25) is 10.1 Å². The van der Waals surface area contributed by atoms with Crippen LogP contribution < -0.4 is 0 Å². The molecule has 0 amide bonds. The molecule has 0 unspecified atom stereocenters. The highest BCUT2D eigenvalue weighted by Crippen LogP contribution is 2.25. The van der Waals surface area contributed by atoms with Gasteiger partial charge in [-0.25, -0.2) is 9.37 Å². The monoisotopic (exact) mass is 278 g/mol. The fourth-order valence-electron chi connectivity index (χ4n) is 1.53. The van der Waals surface area contributed by atoms with Gasteiger partial charge in [0.05, 0.1) is 10.6 Å². The molecule has 0 bridgehead atoms. The Morgan fingerprint density at radius 2 is 2.16 bits per heavy atom. The Kier molecular flexibility index (Phi) is 4.01. The van der Waals surface area contributed by atoms with E-state index in [1.807, 2.05) is 0 Å². The van der Waals surface area contributed by atoms with Crippen molar-refractivity contribution in [3.05, 3.63) is 57.0 Å². The van der Waals surface area contributed by atoms with E-state index in [9.17, 15) is 14.5 Å². The molecule has 2 aromatic rings. The molecular formula is C13H11FN2O2S.